The molecule has 4 nitrogen and oxygen atoms in total. The van der Waals surface area contributed by atoms with E-state index >= 15 is 0 Å². The molecule has 18 heavy (non-hydrogen) atoms. The van der Waals surface area contributed by atoms with Crippen molar-refractivity contribution in [3.05, 3.63) is 10.6 Å². The van der Waals surface area contributed by atoms with E-state index in [-0.39, 0.29) is 5.97 Å². The zero-order chi connectivity index (χ0) is 13.1. The summed E-state index contributed by atoms with van der Waals surface area (Å²) in [6.07, 6.45) is 3.76. The molecule has 1 fully saturated rings. The smallest absolute Gasteiger partial charge is 0.357 e. The van der Waals surface area contributed by atoms with Crippen LogP contribution in [-0.4, -0.2) is 31.2 Å². The van der Waals surface area contributed by atoms with Crippen molar-refractivity contribution in [1.29, 1.82) is 0 Å². The van der Waals surface area contributed by atoms with Crippen LogP contribution in [0.5, 0.6) is 0 Å². The number of methoxy groups -OCH3 is 1. The summed E-state index contributed by atoms with van der Waals surface area (Å²) in [7, 11) is 1.40. The van der Waals surface area contributed by atoms with E-state index in [0.717, 1.165) is 29.0 Å². The van der Waals surface area contributed by atoms with Crippen molar-refractivity contribution in [2.24, 2.45) is 5.92 Å². The summed E-state index contributed by atoms with van der Waals surface area (Å²) < 4.78 is 4.74. The largest absolute Gasteiger partial charge is 0.464 e. The minimum Gasteiger partial charge on any atom is -0.464 e. The highest BCUT2D eigenvalue weighted by atomic mass is 32.1. The molecule has 2 rings (SSSR count). The quantitative estimate of drug-likeness (QED) is 0.787. The van der Waals surface area contributed by atoms with Crippen LogP contribution in [0.15, 0.2) is 0 Å². The van der Waals surface area contributed by atoms with Crippen LogP contribution in [0.3, 0.4) is 0 Å². The molecule has 1 atom stereocenters. The van der Waals surface area contributed by atoms with E-state index in [4.69, 9.17) is 4.74 Å². The second kappa shape index (κ2) is 5.69. The minimum absolute atomic E-state index is 0.334. The zero-order valence-electron chi connectivity index (χ0n) is 11.2. The molecule has 1 aliphatic rings. The van der Waals surface area contributed by atoms with Gasteiger partial charge in [0.05, 0.1) is 7.11 Å². The molecule has 0 spiro atoms. The Bertz CT molecular complexity index is 431. The Kier molecular flexibility index (Phi) is 4.22. The maximum Gasteiger partial charge on any atom is 0.357 e. The third kappa shape index (κ3) is 2.66. The van der Waals surface area contributed by atoms with Crippen LogP contribution in [0.1, 0.15) is 41.6 Å². The van der Waals surface area contributed by atoms with E-state index in [1.165, 1.54) is 26.4 Å². The number of aryl methyl sites for hydroxylation is 1. The highest BCUT2D eigenvalue weighted by Gasteiger charge is 2.26. The molecule has 1 aliphatic heterocycles. The molecule has 0 N–H and O–H groups in total. The summed E-state index contributed by atoms with van der Waals surface area (Å²) in [5.41, 5.74) is 0.469. The van der Waals surface area contributed by atoms with E-state index in [0.29, 0.717) is 5.69 Å². The number of esters is 1. The summed E-state index contributed by atoms with van der Waals surface area (Å²) in [6.45, 7) is 6.28. The van der Waals surface area contributed by atoms with Gasteiger partial charge in [-0.25, -0.2) is 9.78 Å². The van der Waals surface area contributed by atoms with Gasteiger partial charge in [-0.15, -0.1) is 11.3 Å². The molecule has 1 saturated heterocycles. The molecule has 0 radical (unpaired) electrons. The molecular weight excluding hydrogens is 248 g/mol. The fraction of sp³-hybridized carbons (Fsp3) is 0.692. The summed E-state index contributed by atoms with van der Waals surface area (Å²) in [5.74, 6) is 0.445. The van der Waals surface area contributed by atoms with Gasteiger partial charge in [-0.05, 0) is 25.7 Å². The monoisotopic (exact) mass is 268 g/mol. The Morgan fingerprint density at radius 2 is 2.39 bits per heavy atom. The van der Waals surface area contributed by atoms with Gasteiger partial charge in [0.1, 0.15) is 0 Å². The van der Waals surface area contributed by atoms with Gasteiger partial charge in [-0.3, -0.25) is 0 Å². The number of anilines is 1. The Morgan fingerprint density at radius 3 is 3.06 bits per heavy atom. The van der Waals surface area contributed by atoms with E-state index in [1.54, 1.807) is 11.3 Å². The predicted molar refractivity (Wildman–Crippen MR) is 73.4 cm³/mol. The fourth-order valence-corrected chi connectivity index (χ4v) is 3.39. The van der Waals surface area contributed by atoms with Crippen LogP contribution in [-0.2, 0) is 4.74 Å². The molecule has 0 saturated carbocycles. The number of carbonyl (C=O) groups excluding carboxylic acids is 1. The molecule has 1 aromatic rings. The van der Waals surface area contributed by atoms with Crippen LogP contribution in [0.2, 0.25) is 0 Å². The van der Waals surface area contributed by atoms with Gasteiger partial charge in [0.25, 0.3) is 0 Å². The lowest BCUT2D eigenvalue weighted by molar-refractivity contribution is 0.0594. The summed E-state index contributed by atoms with van der Waals surface area (Å²) in [4.78, 5) is 19.2. The summed E-state index contributed by atoms with van der Waals surface area (Å²) >= 11 is 1.59. The highest BCUT2D eigenvalue weighted by molar-refractivity contribution is 7.15. The number of thiazole rings is 1. The summed E-state index contributed by atoms with van der Waals surface area (Å²) in [6, 6.07) is 0. The molecule has 2 heterocycles. The number of nitrogens with zero attached hydrogens (tertiary/aromatic N) is 2. The minimum atomic E-state index is -0.334. The first-order valence-corrected chi connectivity index (χ1v) is 7.28. The van der Waals surface area contributed by atoms with Crippen molar-refractivity contribution in [3.63, 3.8) is 0 Å². The fourth-order valence-electron chi connectivity index (χ4n) is 2.45. The van der Waals surface area contributed by atoms with Crippen LogP contribution < -0.4 is 4.90 Å². The number of carbonyl (C=O) groups is 1. The van der Waals surface area contributed by atoms with Gasteiger partial charge in [-0.1, -0.05) is 13.3 Å². The second-order valence-corrected chi connectivity index (χ2v) is 5.96. The molecule has 100 valence electrons. The first-order chi connectivity index (χ1) is 8.65. The lowest BCUT2D eigenvalue weighted by Gasteiger charge is -2.14. The normalized spacial score (nSPS) is 19.3. The summed E-state index contributed by atoms with van der Waals surface area (Å²) in [5, 5.41) is 0.964. The number of aromatic nitrogens is 1. The molecule has 1 aromatic heterocycles. The van der Waals surface area contributed by atoms with E-state index in [2.05, 4.69) is 16.8 Å². The Hall–Kier alpha value is -1.10. The highest BCUT2D eigenvalue weighted by Crippen LogP contribution is 2.31. The van der Waals surface area contributed by atoms with Crippen molar-refractivity contribution in [2.45, 2.75) is 33.1 Å². The lowest BCUT2D eigenvalue weighted by Crippen LogP contribution is -2.19. The van der Waals surface area contributed by atoms with E-state index in [1.807, 2.05) is 6.92 Å². The number of rotatable bonds is 4. The van der Waals surface area contributed by atoms with Crippen molar-refractivity contribution >= 4 is 22.4 Å². The van der Waals surface area contributed by atoms with Gasteiger partial charge in [-0.2, -0.15) is 0 Å². The Morgan fingerprint density at radius 1 is 1.61 bits per heavy atom. The third-order valence-electron chi connectivity index (χ3n) is 3.42. The van der Waals surface area contributed by atoms with Gasteiger partial charge < -0.3 is 9.64 Å². The first kappa shape index (κ1) is 13.3. The first-order valence-electron chi connectivity index (χ1n) is 6.46. The van der Waals surface area contributed by atoms with E-state index < -0.39 is 0 Å². The average molecular weight is 268 g/mol. The third-order valence-corrected chi connectivity index (χ3v) is 4.45. The van der Waals surface area contributed by atoms with Gasteiger partial charge in [0.15, 0.2) is 10.8 Å². The predicted octanol–water partition coefficient (Wildman–Crippen LogP) is 2.86. The molecule has 1 unspecified atom stereocenters. The Balaban J connectivity index is 2.08. The van der Waals surface area contributed by atoms with Gasteiger partial charge >= 0.3 is 5.97 Å². The average Bonchev–Trinajstić information content (AvgIpc) is 2.95. The SMILES string of the molecule is CCCC1CCN(c2nc(C(=O)OC)c(C)s2)C1. The maximum atomic E-state index is 11.5. The number of ether oxygens (including phenoxy) is 1. The molecular formula is C13H20N2O2S. The van der Waals surface area contributed by atoms with Crippen molar-refractivity contribution < 1.29 is 9.53 Å². The standard InChI is InChI=1S/C13H20N2O2S/c1-4-5-10-6-7-15(8-10)13-14-11(9(2)18-13)12(16)17-3/h10H,4-8H2,1-3H3. The Labute approximate surface area is 112 Å². The van der Waals surface area contributed by atoms with Gasteiger partial charge in [0, 0.05) is 18.0 Å². The zero-order valence-corrected chi connectivity index (χ0v) is 12.0. The molecule has 0 aromatic carbocycles. The molecule has 5 heteroatoms. The molecule has 0 aliphatic carbocycles. The second-order valence-electron chi connectivity index (χ2n) is 4.78. The lowest BCUT2D eigenvalue weighted by atomic mass is 10.0. The maximum absolute atomic E-state index is 11.5. The molecule has 0 bridgehead atoms. The van der Waals surface area contributed by atoms with Crippen molar-refractivity contribution in [2.75, 3.05) is 25.1 Å². The van der Waals surface area contributed by atoms with Crippen LogP contribution >= 0.6 is 11.3 Å². The van der Waals surface area contributed by atoms with E-state index in [9.17, 15) is 4.79 Å². The van der Waals surface area contributed by atoms with Crippen molar-refractivity contribution in [1.82, 2.24) is 4.98 Å². The van der Waals surface area contributed by atoms with Crippen molar-refractivity contribution in [3.8, 4) is 0 Å². The van der Waals surface area contributed by atoms with Gasteiger partial charge in [0.2, 0.25) is 0 Å². The molecule has 0 amide bonds. The van der Waals surface area contributed by atoms with Crippen LogP contribution in [0.4, 0.5) is 5.13 Å². The van der Waals surface area contributed by atoms with Crippen LogP contribution in [0, 0.1) is 12.8 Å². The van der Waals surface area contributed by atoms with Crippen LogP contribution in [0.25, 0.3) is 0 Å². The number of hydrogen-bond acceptors (Lipinski definition) is 5. The topological polar surface area (TPSA) is 42.4 Å². The number of hydrogen-bond donors (Lipinski definition) is 0.